The first-order valence-electron chi connectivity index (χ1n) is 5.67. The lowest BCUT2D eigenvalue weighted by molar-refractivity contribution is -0.143. The van der Waals surface area contributed by atoms with Crippen molar-refractivity contribution in [2.75, 3.05) is 7.11 Å². The fourth-order valence-electron chi connectivity index (χ4n) is 1.70. The third-order valence-electron chi connectivity index (χ3n) is 2.62. The number of aryl methyl sites for hydroxylation is 1. The average molecular weight is 270 g/mol. The number of nitrogens with zero attached hydrogens (tertiary/aromatic N) is 1. The number of methoxy groups -OCH3 is 1. The van der Waals surface area contributed by atoms with E-state index in [9.17, 15) is 4.79 Å². The minimum absolute atomic E-state index is 0.390. The molecule has 0 radical (unpaired) electrons. The van der Waals surface area contributed by atoms with Crippen molar-refractivity contribution < 1.29 is 14.7 Å². The normalized spacial score (nSPS) is 12.6. The molecule has 0 spiro atoms. The summed E-state index contributed by atoms with van der Waals surface area (Å²) in [5.74, 6) is -0.891. The molecule has 1 atom stereocenters. The molecular formula is C13H16ClNO3. The summed E-state index contributed by atoms with van der Waals surface area (Å²) in [7, 11) is 1.32. The maximum atomic E-state index is 11.4. The summed E-state index contributed by atoms with van der Waals surface area (Å²) in [6.07, 6.45) is 3.37. The van der Waals surface area contributed by atoms with Crippen LogP contribution in [0.3, 0.4) is 0 Å². The van der Waals surface area contributed by atoms with Crippen LogP contribution in [-0.2, 0) is 16.0 Å². The van der Waals surface area contributed by atoms with Crippen molar-refractivity contribution in [2.45, 2.75) is 19.3 Å². The van der Waals surface area contributed by atoms with E-state index >= 15 is 0 Å². The molecule has 0 fully saturated rings. The van der Waals surface area contributed by atoms with Crippen LogP contribution in [0, 0.1) is 5.92 Å². The molecule has 18 heavy (non-hydrogen) atoms. The van der Waals surface area contributed by atoms with Gasteiger partial charge in [-0.15, -0.1) is 5.16 Å². The number of ether oxygens (including phenoxy) is 1. The first-order chi connectivity index (χ1) is 8.67. The first-order valence-corrected chi connectivity index (χ1v) is 6.05. The fourth-order valence-corrected chi connectivity index (χ4v) is 1.92. The van der Waals surface area contributed by atoms with Crippen LogP contribution in [-0.4, -0.2) is 24.5 Å². The van der Waals surface area contributed by atoms with Crippen molar-refractivity contribution in [1.82, 2.24) is 0 Å². The van der Waals surface area contributed by atoms with Gasteiger partial charge in [0.1, 0.15) is 0 Å². The molecule has 0 amide bonds. The van der Waals surface area contributed by atoms with Crippen LogP contribution < -0.4 is 0 Å². The molecule has 98 valence electrons. The van der Waals surface area contributed by atoms with E-state index in [-0.39, 0.29) is 5.97 Å². The highest BCUT2D eigenvalue weighted by Gasteiger charge is 2.16. The molecule has 1 N–H and O–H groups in total. The lowest BCUT2D eigenvalue weighted by Crippen LogP contribution is -2.17. The summed E-state index contributed by atoms with van der Waals surface area (Å²) in [4.78, 5) is 11.4. The lowest BCUT2D eigenvalue weighted by Gasteiger charge is -2.09. The Morgan fingerprint density at radius 2 is 2.39 bits per heavy atom. The van der Waals surface area contributed by atoms with E-state index in [0.29, 0.717) is 11.4 Å². The van der Waals surface area contributed by atoms with Gasteiger partial charge in [0.05, 0.1) is 19.2 Å². The van der Waals surface area contributed by atoms with E-state index in [0.717, 1.165) is 18.4 Å². The molecule has 0 bridgehead atoms. The zero-order valence-corrected chi connectivity index (χ0v) is 10.9. The summed E-state index contributed by atoms with van der Waals surface area (Å²) in [6, 6.07) is 7.60. The molecule has 0 aliphatic heterocycles. The Morgan fingerprint density at radius 3 is 3.00 bits per heavy atom. The van der Waals surface area contributed by atoms with Crippen LogP contribution in [0.4, 0.5) is 0 Å². The maximum Gasteiger partial charge on any atom is 0.314 e. The number of hydrogen-bond donors (Lipinski definition) is 1. The Bertz CT molecular complexity index is 420. The Hall–Kier alpha value is -1.55. The molecule has 1 rings (SSSR count). The second kappa shape index (κ2) is 7.71. The fraction of sp³-hybridized carbons (Fsp3) is 0.385. The highest BCUT2D eigenvalue weighted by Crippen LogP contribution is 2.15. The number of benzene rings is 1. The smallest absolute Gasteiger partial charge is 0.314 e. The van der Waals surface area contributed by atoms with E-state index in [2.05, 4.69) is 9.89 Å². The molecule has 1 aromatic rings. The van der Waals surface area contributed by atoms with Crippen LogP contribution in [0.5, 0.6) is 0 Å². The number of oxime groups is 1. The topological polar surface area (TPSA) is 58.9 Å². The Labute approximate surface area is 111 Å². The quantitative estimate of drug-likeness (QED) is 0.374. The van der Waals surface area contributed by atoms with Gasteiger partial charge in [-0.1, -0.05) is 23.7 Å². The highest BCUT2D eigenvalue weighted by atomic mass is 35.5. The van der Waals surface area contributed by atoms with E-state index in [1.165, 1.54) is 13.3 Å². The molecule has 0 saturated carbocycles. The SMILES string of the molecule is COC(=O)C(/C=N/O)CCCc1cccc(Cl)c1. The largest absolute Gasteiger partial charge is 0.469 e. The third-order valence-corrected chi connectivity index (χ3v) is 2.86. The highest BCUT2D eigenvalue weighted by molar-refractivity contribution is 6.30. The minimum Gasteiger partial charge on any atom is -0.469 e. The number of esters is 1. The van der Waals surface area contributed by atoms with Gasteiger partial charge in [0.25, 0.3) is 0 Å². The molecular weight excluding hydrogens is 254 g/mol. The van der Waals surface area contributed by atoms with Crippen LogP contribution in [0.15, 0.2) is 29.4 Å². The molecule has 0 aliphatic rings. The van der Waals surface area contributed by atoms with Crippen molar-refractivity contribution in [3.8, 4) is 0 Å². The van der Waals surface area contributed by atoms with Gasteiger partial charge in [0, 0.05) is 5.02 Å². The van der Waals surface area contributed by atoms with Crippen molar-refractivity contribution in [3.05, 3.63) is 34.9 Å². The van der Waals surface area contributed by atoms with E-state index < -0.39 is 5.92 Å². The Kier molecular flexibility index (Phi) is 6.22. The Morgan fingerprint density at radius 1 is 1.61 bits per heavy atom. The zero-order chi connectivity index (χ0) is 13.4. The second-order valence-corrected chi connectivity index (χ2v) is 4.35. The summed E-state index contributed by atoms with van der Waals surface area (Å²) >= 11 is 5.88. The van der Waals surface area contributed by atoms with E-state index in [1.54, 1.807) is 0 Å². The predicted octanol–water partition coefficient (Wildman–Crippen LogP) is 2.91. The Balaban J connectivity index is 2.46. The molecule has 0 aliphatic carbocycles. The van der Waals surface area contributed by atoms with Gasteiger partial charge in [-0.3, -0.25) is 4.79 Å². The summed E-state index contributed by atoms with van der Waals surface area (Å²) < 4.78 is 4.62. The van der Waals surface area contributed by atoms with Crippen LogP contribution >= 0.6 is 11.6 Å². The third kappa shape index (κ3) is 4.75. The summed E-state index contributed by atoms with van der Waals surface area (Å²) in [5.41, 5.74) is 1.12. The number of hydrogen-bond acceptors (Lipinski definition) is 4. The molecule has 0 heterocycles. The van der Waals surface area contributed by atoms with E-state index in [4.69, 9.17) is 16.8 Å². The van der Waals surface area contributed by atoms with Gasteiger partial charge in [0.15, 0.2) is 0 Å². The number of halogens is 1. The molecule has 0 aromatic heterocycles. The van der Waals surface area contributed by atoms with Gasteiger partial charge in [0.2, 0.25) is 0 Å². The van der Waals surface area contributed by atoms with Crippen molar-refractivity contribution in [1.29, 1.82) is 0 Å². The zero-order valence-electron chi connectivity index (χ0n) is 10.2. The average Bonchev–Trinajstić information content (AvgIpc) is 2.37. The van der Waals surface area contributed by atoms with Crippen molar-refractivity contribution in [3.63, 3.8) is 0 Å². The number of carbonyl (C=O) groups is 1. The lowest BCUT2D eigenvalue weighted by atomic mass is 10.0. The molecule has 4 nitrogen and oxygen atoms in total. The monoisotopic (exact) mass is 269 g/mol. The van der Waals surface area contributed by atoms with Gasteiger partial charge in [-0.25, -0.2) is 0 Å². The molecule has 1 unspecified atom stereocenters. The standard InChI is InChI=1S/C13H16ClNO3/c1-18-13(16)11(9-15-17)6-2-4-10-5-3-7-12(14)8-10/h3,5,7-9,11,17H,2,4,6H2,1H3/b15-9+. The van der Waals surface area contributed by atoms with Crippen LogP contribution in [0.2, 0.25) is 5.02 Å². The minimum atomic E-state index is -0.501. The van der Waals surface area contributed by atoms with Crippen molar-refractivity contribution >= 4 is 23.8 Å². The van der Waals surface area contributed by atoms with Gasteiger partial charge in [-0.2, -0.15) is 0 Å². The van der Waals surface area contributed by atoms with Crippen LogP contribution in [0.25, 0.3) is 0 Å². The van der Waals surface area contributed by atoms with Crippen molar-refractivity contribution in [2.24, 2.45) is 11.1 Å². The van der Waals surface area contributed by atoms with Crippen LogP contribution in [0.1, 0.15) is 18.4 Å². The van der Waals surface area contributed by atoms with Gasteiger partial charge >= 0.3 is 5.97 Å². The first kappa shape index (κ1) is 14.5. The number of rotatable bonds is 6. The maximum absolute atomic E-state index is 11.4. The number of carbonyl (C=O) groups excluding carboxylic acids is 1. The molecule has 5 heteroatoms. The van der Waals surface area contributed by atoms with E-state index in [1.807, 2.05) is 24.3 Å². The second-order valence-electron chi connectivity index (χ2n) is 3.92. The predicted molar refractivity (Wildman–Crippen MR) is 70.2 cm³/mol. The van der Waals surface area contributed by atoms with Gasteiger partial charge in [-0.05, 0) is 37.0 Å². The summed E-state index contributed by atoms with van der Waals surface area (Å²) in [6.45, 7) is 0. The van der Waals surface area contributed by atoms with Gasteiger partial charge < -0.3 is 9.94 Å². The molecule has 1 aromatic carbocycles. The summed E-state index contributed by atoms with van der Waals surface area (Å²) in [5, 5.41) is 12.1. The molecule has 0 saturated heterocycles.